The zero-order valence-corrected chi connectivity index (χ0v) is 6.22. The van der Waals surface area contributed by atoms with Gasteiger partial charge in [0, 0.05) is 0 Å². The second kappa shape index (κ2) is 3.23. The molecule has 0 aromatic heterocycles. The molecule has 0 aliphatic carbocycles. The molecular weight excluding hydrogens is 170 g/mol. The molecule has 0 aromatic carbocycles. The van der Waals surface area contributed by atoms with Crippen molar-refractivity contribution >= 4 is 0 Å². The van der Waals surface area contributed by atoms with Gasteiger partial charge < -0.3 is 25.2 Å². The maximum atomic E-state index is 12.0. The molecule has 6 heteroatoms. The van der Waals surface area contributed by atoms with Crippen LogP contribution in [0, 0.1) is 0 Å². The molecule has 1 saturated heterocycles. The van der Waals surface area contributed by atoms with E-state index in [-0.39, 0.29) is 0 Å². The molecule has 0 radical (unpaired) electrons. The van der Waals surface area contributed by atoms with Gasteiger partial charge in [-0.3, -0.25) is 0 Å². The van der Waals surface area contributed by atoms with Crippen LogP contribution < -0.4 is 0 Å². The fraction of sp³-hybridized carbons (Fsp3) is 1.00. The molecule has 72 valence electrons. The summed E-state index contributed by atoms with van der Waals surface area (Å²) in [4.78, 5) is 0. The Labute approximate surface area is 68.0 Å². The summed E-state index contributed by atoms with van der Waals surface area (Å²) in [5, 5.41) is 35.9. The van der Waals surface area contributed by atoms with Gasteiger partial charge in [0.05, 0.1) is 6.61 Å². The lowest BCUT2D eigenvalue weighted by molar-refractivity contribution is -0.246. The van der Waals surface area contributed by atoms with E-state index in [2.05, 4.69) is 4.74 Å². The Morgan fingerprint density at radius 3 is 2.25 bits per heavy atom. The first-order valence-corrected chi connectivity index (χ1v) is 3.48. The van der Waals surface area contributed by atoms with Gasteiger partial charge in [-0.2, -0.15) is 0 Å². The molecule has 0 spiro atoms. The van der Waals surface area contributed by atoms with Crippen LogP contribution in [0.4, 0.5) is 4.39 Å². The lowest BCUT2D eigenvalue weighted by Gasteiger charge is -2.22. The SMILES string of the molecule is OC[C@@]1(O)O[C@H](C[18F])[C@@H](O)[C@@H]1O. The first kappa shape index (κ1) is 9.82. The van der Waals surface area contributed by atoms with Crippen molar-refractivity contribution in [3.8, 4) is 0 Å². The van der Waals surface area contributed by atoms with Crippen LogP contribution in [0.1, 0.15) is 0 Å². The van der Waals surface area contributed by atoms with Gasteiger partial charge >= 0.3 is 0 Å². The summed E-state index contributed by atoms with van der Waals surface area (Å²) >= 11 is 0. The topological polar surface area (TPSA) is 90.2 Å². The highest BCUT2D eigenvalue weighted by Crippen LogP contribution is 2.28. The van der Waals surface area contributed by atoms with Crippen molar-refractivity contribution in [2.75, 3.05) is 13.3 Å². The molecule has 0 unspecified atom stereocenters. The van der Waals surface area contributed by atoms with Crippen LogP contribution in [0.3, 0.4) is 0 Å². The van der Waals surface area contributed by atoms with E-state index in [1.165, 1.54) is 0 Å². The summed E-state index contributed by atoms with van der Waals surface area (Å²) in [6, 6.07) is 0. The molecule has 1 fully saturated rings. The van der Waals surface area contributed by atoms with Crippen molar-refractivity contribution in [3.05, 3.63) is 0 Å². The van der Waals surface area contributed by atoms with E-state index < -0.39 is 37.4 Å². The van der Waals surface area contributed by atoms with Gasteiger partial charge in [0.2, 0.25) is 5.79 Å². The number of hydrogen-bond acceptors (Lipinski definition) is 5. The molecule has 0 saturated carbocycles. The molecule has 1 heterocycles. The molecule has 1 aliphatic heterocycles. The third-order valence-electron chi connectivity index (χ3n) is 1.90. The maximum absolute atomic E-state index is 12.0. The number of aliphatic hydroxyl groups excluding tert-OH is 3. The summed E-state index contributed by atoms with van der Waals surface area (Å²) in [5.41, 5.74) is 0. The molecule has 1 aliphatic rings. The van der Waals surface area contributed by atoms with E-state index >= 15 is 0 Å². The zero-order chi connectivity index (χ0) is 9.35. The lowest BCUT2D eigenvalue weighted by Crippen LogP contribution is -2.46. The quantitative estimate of drug-likeness (QED) is 0.386. The largest absolute Gasteiger partial charge is 0.391 e. The molecule has 4 atom stereocenters. The lowest BCUT2D eigenvalue weighted by atomic mass is 10.1. The number of rotatable bonds is 2. The van der Waals surface area contributed by atoms with Gasteiger partial charge in [-0.25, -0.2) is 4.39 Å². The van der Waals surface area contributed by atoms with Crippen molar-refractivity contribution in [2.45, 2.75) is 24.1 Å². The van der Waals surface area contributed by atoms with Crippen molar-refractivity contribution in [2.24, 2.45) is 0 Å². The Morgan fingerprint density at radius 1 is 1.42 bits per heavy atom. The van der Waals surface area contributed by atoms with Gasteiger partial charge in [0.15, 0.2) is 0 Å². The van der Waals surface area contributed by atoms with Crippen LogP contribution >= 0.6 is 0 Å². The van der Waals surface area contributed by atoms with E-state index in [0.29, 0.717) is 0 Å². The van der Waals surface area contributed by atoms with Crippen LogP contribution in [0.2, 0.25) is 0 Å². The Balaban J connectivity index is 2.72. The molecule has 0 aromatic rings. The molecule has 12 heavy (non-hydrogen) atoms. The highest BCUT2D eigenvalue weighted by Gasteiger charge is 2.52. The first-order chi connectivity index (χ1) is 5.55. The predicted octanol–water partition coefficient (Wildman–Crippen LogP) is -2.24. The monoisotopic (exact) mass is 181 g/mol. The number of alkyl halides is 1. The number of ether oxygens (including phenoxy) is 1. The molecule has 1 rings (SSSR count). The summed E-state index contributed by atoms with van der Waals surface area (Å²) < 4.78 is 16.5. The fourth-order valence-electron chi connectivity index (χ4n) is 1.13. The summed E-state index contributed by atoms with van der Waals surface area (Å²) in [7, 11) is 0. The Bertz CT molecular complexity index is 166. The second-order valence-corrected chi connectivity index (χ2v) is 2.75. The zero-order valence-electron chi connectivity index (χ0n) is 6.22. The van der Waals surface area contributed by atoms with Crippen molar-refractivity contribution < 1.29 is 29.6 Å². The van der Waals surface area contributed by atoms with Crippen LogP contribution in [-0.4, -0.2) is 57.8 Å². The molecular formula is C6H11FO5. The minimum absolute atomic E-state index is 0.887. The van der Waals surface area contributed by atoms with Gasteiger partial charge in [-0.05, 0) is 0 Å². The highest BCUT2D eigenvalue weighted by atomic mass is 18.2. The molecule has 4 N–H and O–H groups in total. The smallest absolute Gasteiger partial charge is 0.219 e. The fourth-order valence-corrected chi connectivity index (χ4v) is 1.13. The van der Waals surface area contributed by atoms with Gasteiger partial charge in [0.1, 0.15) is 25.0 Å². The highest BCUT2D eigenvalue weighted by molar-refractivity contribution is 4.94. The number of halogens is 1. The molecule has 0 bridgehead atoms. The van der Waals surface area contributed by atoms with Gasteiger partial charge in [0.25, 0.3) is 0 Å². The predicted molar refractivity (Wildman–Crippen MR) is 34.9 cm³/mol. The van der Waals surface area contributed by atoms with Crippen molar-refractivity contribution in [3.63, 3.8) is 0 Å². The summed E-state index contributed by atoms with van der Waals surface area (Å²) in [6.45, 7) is -1.91. The minimum Gasteiger partial charge on any atom is -0.391 e. The van der Waals surface area contributed by atoms with E-state index in [1.807, 2.05) is 0 Å². The molecule has 5 nitrogen and oxygen atoms in total. The van der Waals surface area contributed by atoms with Gasteiger partial charge in [-0.1, -0.05) is 0 Å². The van der Waals surface area contributed by atoms with Crippen molar-refractivity contribution in [1.29, 1.82) is 0 Å². The Kier molecular flexibility index (Phi) is 2.64. The third-order valence-corrected chi connectivity index (χ3v) is 1.90. The summed E-state index contributed by atoms with van der Waals surface area (Å²) in [6.07, 6.45) is -4.47. The van der Waals surface area contributed by atoms with Crippen LogP contribution in [0.25, 0.3) is 0 Å². The Hall–Kier alpha value is -0.270. The van der Waals surface area contributed by atoms with Crippen LogP contribution in [0.15, 0.2) is 0 Å². The summed E-state index contributed by atoms with van der Waals surface area (Å²) in [5.74, 6) is -2.24. The average molecular weight is 181 g/mol. The normalized spacial score (nSPS) is 48.2. The van der Waals surface area contributed by atoms with E-state index in [1.54, 1.807) is 0 Å². The van der Waals surface area contributed by atoms with E-state index in [0.717, 1.165) is 0 Å². The standard InChI is InChI=1S/C6H11FO5/c7-1-3-4(9)5(10)6(11,2-8)12-3/h3-5,8-11H,1-2H2/t3-,4-,5+,6-/m1/s1/i7-1. The van der Waals surface area contributed by atoms with E-state index in [4.69, 9.17) is 15.3 Å². The first-order valence-electron chi connectivity index (χ1n) is 3.48. The van der Waals surface area contributed by atoms with Crippen LogP contribution in [0.5, 0.6) is 0 Å². The van der Waals surface area contributed by atoms with Gasteiger partial charge in [-0.15, -0.1) is 0 Å². The third kappa shape index (κ3) is 1.32. The number of hydrogen-bond donors (Lipinski definition) is 4. The Morgan fingerprint density at radius 2 is 2.00 bits per heavy atom. The average Bonchev–Trinajstić information content (AvgIpc) is 2.31. The molecule has 0 amide bonds. The second-order valence-electron chi connectivity index (χ2n) is 2.75. The number of aliphatic hydroxyl groups is 4. The minimum atomic E-state index is -2.24. The van der Waals surface area contributed by atoms with Crippen molar-refractivity contribution in [1.82, 2.24) is 0 Å². The maximum Gasteiger partial charge on any atom is 0.219 e. The van der Waals surface area contributed by atoms with E-state index in [9.17, 15) is 9.50 Å². The van der Waals surface area contributed by atoms with Crippen LogP contribution in [-0.2, 0) is 4.74 Å².